The Bertz CT molecular complexity index is 1210. The van der Waals surface area contributed by atoms with Crippen molar-refractivity contribution in [2.24, 2.45) is 5.14 Å². The second kappa shape index (κ2) is 10.4. The van der Waals surface area contributed by atoms with Crippen molar-refractivity contribution in [1.82, 2.24) is 5.32 Å². The zero-order valence-electron chi connectivity index (χ0n) is 18.2. The van der Waals surface area contributed by atoms with Gasteiger partial charge in [0.05, 0.1) is 36.8 Å². The summed E-state index contributed by atoms with van der Waals surface area (Å²) < 4.78 is 38.0. The van der Waals surface area contributed by atoms with Crippen molar-refractivity contribution in [1.29, 1.82) is 0 Å². The lowest BCUT2D eigenvalue weighted by atomic mass is 10.0. The molecule has 1 heterocycles. The summed E-state index contributed by atoms with van der Waals surface area (Å²) in [5.41, 5.74) is 1.92. The number of primary sulfonamides is 1. The Morgan fingerprint density at radius 2 is 1.55 bits per heavy atom. The summed E-state index contributed by atoms with van der Waals surface area (Å²) in [4.78, 5) is 24.0. The lowest BCUT2D eigenvalue weighted by molar-refractivity contribution is 0.0599. The number of carbonyl (C=O) groups is 2. The van der Waals surface area contributed by atoms with Gasteiger partial charge >= 0.3 is 11.9 Å². The van der Waals surface area contributed by atoms with Crippen molar-refractivity contribution >= 4 is 22.0 Å². The van der Waals surface area contributed by atoms with E-state index in [1.54, 1.807) is 36.4 Å². The Kier molecular flexibility index (Phi) is 7.64. The van der Waals surface area contributed by atoms with E-state index in [0.29, 0.717) is 36.6 Å². The molecular weight excluding hydrogens is 448 g/mol. The van der Waals surface area contributed by atoms with Gasteiger partial charge < -0.3 is 19.2 Å². The second-order valence-corrected chi connectivity index (χ2v) is 8.73. The SMILES string of the molecule is COC(=O)c1cc(C(=O)OC)cc(-c2ccc(CNCCc3ccc(S(N)(=O)=O)cc3)o2)c1. The maximum Gasteiger partial charge on any atom is 0.337 e. The number of nitrogens with one attached hydrogen (secondary N) is 1. The zero-order chi connectivity index (χ0) is 24.0. The number of nitrogens with two attached hydrogens (primary N) is 1. The molecule has 3 aromatic rings. The molecule has 1 aromatic heterocycles. The molecule has 33 heavy (non-hydrogen) atoms. The zero-order valence-corrected chi connectivity index (χ0v) is 19.0. The van der Waals surface area contributed by atoms with Gasteiger partial charge in [0.1, 0.15) is 11.5 Å². The van der Waals surface area contributed by atoms with E-state index in [4.69, 9.17) is 19.0 Å². The number of ether oxygens (including phenoxy) is 2. The van der Waals surface area contributed by atoms with Crippen molar-refractivity contribution in [2.45, 2.75) is 17.9 Å². The minimum atomic E-state index is -3.70. The van der Waals surface area contributed by atoms with Gasteiger partial charge in [-0.3, -0.25) is 0 Å². The van der Waals surface area contributed by atoms with Crippen molar-refractivity contribution < 1.29 is 31.9 Å². The molecule has 0 saturated carbocycles. The van der Waals surface area contributed by atoms with Crippen molar-refractivity contribution in [3.8, 4) is 11.3 Å². The van der Waals surface area contributed by atoms with Crippen molar-refractivity contribution in [2.75, 3.05) is 20.8 Å². The number of furan rings is 1. The molecule has 10 heteroatoms. The van der Waals surface area contributed by atoms with E-state index in [0.717, 1.165) is 5.56 Å². The number of sulfonamides is 1. The van der Waals surface area contributed by atoms with E-state index in [1.165, 1.54) is 32.4 Å². The lowest BCUT2D eigenvalue weighted by Gasteiger charge is -2.07. The van der Waals surface area contributed by atoms with Crippen molar-refractivity contribution in [3.63, 3.8) is 0 Å². The summed E-state index contributed by atoms with van der Waals surface area (Å²) in [5.74, 6) is -0.000890. The molecule has 0 aliphatic carbocycles. The first-order valence-electron chi connectivity index (χ1n) is 9.94. The fourth-order valence-electron chi connectivity index (χ4n) is 3.16. The highest BCUT2D eigenvalue weighted by atomic mass is 32.2. The monoisotopic (exact) mass is 472 g/mol. The van der Waals surface area contributed by atoms with Crippen LogP contribution in [0.5, 0.6) is 0 Å². The number of hydrogen-bond acceptors (Lipinski definition) is 8. The van der Waals surface area contributed by atoms with Gasteiger partial charge in [-0.15, -0.1) is 0 Å². The predicted octanol–water partition coefficient (Wildman–Crippen LogP) is 2.50. The first kappa shape index (κ1) is 24.2. The molecule has 0 amide bonds. The van der Waals surface area contributed by atoms with Crippen LogP contribution in [0.25, 0.3) is 11.3 Å². The number of methoxy groups -OCH3 is 2. The van der Waals surface area contributed by atoms with E-state index in [2.05, 4.69) is 5.32 Å². The highest BCUT2D eigenvalue weighted by Crippen LogP contribution is 2.26. The summed E-state index contributed by atoms with van der Waals surface area (Å²) in [6, 6.07) is 14.5. The predicted molar refractivity (Wildman–Crippen MR) is 120 cm³/mol. The van der Waals surface area contributed by atoms with Crippen LogP contribution in [0.4, 0.5) is 0 Å². The number of benzene rings is 2. The minimum Gasteiger partial charge on any atom is -0.465 e. The van der Waals surface area contributed by atoms with E-state index >= 15 is 0 Å². The Balaban J connectivity index is 1.64. The smallest absolute Gasteiger partial charge is 0.337 e. The Hall–Kier alpha value is -3.47. The van der Waals surface area contributed by atoms with Crippen LogP contribution in [0.3, 0.4) is 0 Å². The summed E-state index contributed by atoms with van der Waals surface area (Å²) >= 11 is 0. The van der Waals surface area contributed by atoms with Crippen LogP contribution in [0, 0.1) is 0 Å². The Morgan fingerprint density at radius 3 is 2.09 bits per heavy atom. The fourth-order valence-corrected chi connectivity index (χ4v) is 3.67. The summed E-state index contributed by atoms with van der Waals surface area (Å²) in [7, 11) is -1.18. The van der Waals surface area contributed by atoms with Gasteiger partial charge in [0.15, 0.2) is 0 Å². The standard InChI is InChI=1S/C23H24N2O7S/c1-30-22(26)17-11-16(12-18(13-17)23(27)31-2)21-8-5-19(32-21)14-25-10-9-15-3-6-20(7-4-15)33(24,28)29/h3-8,11-13,25H,9-10,14H2,1-2H3,(H2,24,28,29). The van der Waals surface area contributed by atoms with Crippen LogP contribution in [0.15, 0.2) is 63.9 Å². The highest BCUT2D eigenvalue weighted by molar-refractivity contribution is 7.89. The quantitative estimate of drug-likeness (QED) is 0.358. The number of carbonyl (C=O) groups excluding carboxylic acids is 2. The maximum absolute atomic E-state index is 12.0. The van der Waals surface area contributed by atoms with Crippen LogP contribution in [0.2, 0.25) is 0 Å². The molecule has 0 fully saturated rings. The molecule has 0 atom stereocenters. The lowest BCUT2D eigenvalue weighted by Crippen LogP contribution is -2.16. The third kappa shape index (κ3) is 6.28. The minimum absolute atomic E-state index is 0.0777. The Labute approximate surface area is 191 Å². The molecule has 0 spiro atoms. The molecule has 9 nitrogen and oxygen atoms in total. The van der Waals surface area contributed by atoms with Gasteiger partial charge in [-0.25, -0.2) is 23.1 Å². The van der Waals surface area contributed by atoms with Crippen molar-refractivity contribution in [3.05, 3.63) is 77.0 Å². The Morgan fingerprint density at radius 1 is 0.939 bits per heavy atom. The normalized spacial score (nSPS) is 11.2. The van der Waals surface area contributed by atoms with Gasteiger partial charge in [0, 0.05) is 5.56 Å². The second-order valence-electron chi connectivity index (χ2n) is 7.16. The summed E-state index contributed by atoms with van der Waals surface area (Å²) in [5, 5.41) is 8.35. The molecule has 0 unspecified atom stereocenters. The third-order valence-corrected chi connectivity index (χ3v) is 5.79. The average Bonchev–Trinajstić information content (AvgIpc) is 3.29. The molecule has 0 aliphatic rings. The van der Waals surface area contributed by atoms with E-state index in [-0.39, 0.29) is 16.0 Å². The molecule has 174 valence electrons. The molecule has 3 N–H and O–H groups in total. The van der Waals surface area contributed by atoms with Gasteiger partial charge in [-0.2, -0.15) is 0 Å². The number of esters is 2. The highest BCUT2D eigenvalue weighted by Gasteiger charge is 2.16. The largest absolute Gasteiger partial charge is 0.465 e. The van der Waals surface area contributed by atoms with Gasteiger partial charge in [-0.1, -0.05) is 12.1 Å². The molecule has 0 saturated heterocycles. The number of hydrogen-bond donors (Lipinski definition) is 2. The summed E-state index contributed by atoms with van der Waals surface area (Å²) in [6.45, 7) is 1.09. The first-order chi connectivity index (χ1) is 15.7. The third-order valence-electron chi connectivity index (χ3n) is 4.86. The number of rotatable bonds is 9. The average molecular weight is 473 g/mol. The molecule has 2 aromatic carbocycles. The molecule has 3 rings (SSSR count). The van der Waals surface area contributed by atoms with Gasteiger partial charge in [0.25, 0.3) is 0 Å². The van der Waals surface area contributed by atoms with E-state index < -0.39 is 22.0 Å². The van der Waals surface area contributed by atoms with Crippen LogP contribution < -0.4 is 10.5 Å². The topological polar surface area (TPSA) is 138 Å². The maximum atomic E-state index is 12.0. The van der Waals surface area contributed by atoms with Crippen LogP contribution >= 0.6 is 0 Å². The summed E-state index contributed by atoms with van der Waals surface area (Å²) in [6.07, 6.45) is 0.683. The molecular formula is C23H24N2O7S. The van der Waals surface area contributed by atoms with Gasteiger partial charge in [0.2, 0.25) is 10.0 Å². The molecule has 0 aliphatic heterocycles. The van der Waals surface area contributed by atoms with Crippen LogP contribution in [0.1, 0.15) is 32.0 Å². The molecule has 0 radical (unpaired) electrons. The van der Waals surface area contributed by atoms with E-state index in [9.17, 15) is 18.0 Å². The van der Waals surface area contributed by atoms with Crippen LogP contribution in [-0.2, 0) is 32.5 Å². The first-order valence-corrected chi connectivity index (χ1v) is 11.5. The molecule has 0 bridgehead atoms. The van der Waals surface area contributed by atoms with Gasteiger partial charge in [-0.05, 0) is 61.0 Å². The van der Waals surface area contributed by atoms with E-state index in [1.807, 2.05) is 0 Å². The fraction of sp³-hybridized carbons (Fsp3) is 0.217. The van der Waals surface area contributed by atoms with Crippen LogP contribution in [-0.4, -0.2) is 41.1 Å².